The molecule has 0 aliphatic rings. The predicted octanol–water partition coefficient (Wildman–Crippen LogP) is 4.28. The standard InChI is InChI=1S/C18H15ClN2O2/c1-21(2)12-14(11-20)18(22)13-6-8-16(9-7-13)23-17-5-3-4-15(19)10-17/h3-10,12H,1-2H3. The van der Waals surface area contributed by atoms with Crippen LogP contribution in [0.2, 0.25) is 5.02 Å². The first-order valence-electron chi connectivity index (χ1n) is 6.86. The number of Topliss-reactive ketones (excluding diaryl/α,β-unsaturated/α-hetero) is 1. The Bertz CT molecular complexity index is 774. The fourth-order valence-electron chi connectivity index (χ4n) is 1.89. The Morgan fingerprint density at radius 3 is 2.43 bits per heavy atom. The molecule has 0 radical (unpaired) electrons. The van der Waals surface area contributed by atoms with E-state index in [1.165, 1.54) is 6.20 Å². The summed E-state index contributed by atoms with van der Waals surface area (Å²) in [6.45, 7) is 0. The number of benzene rings is 2. The summed E-state index contributed by atoms with van der Waals surface area (Å²) in [5.74, 6) is 0.871. The van der Waals surface area contributed by atoms with Crippen LogP contribution in [0.3, 0.4) is 0 Å². The summed E-state index contributed by atoms with van der Waals surface area (Å²) >= 11 is 5.90. The molecule has 0 atom stereocenters. The molecule has 0 aromatic heterocycles. The Labute approximate surface area is 140 Å². The fourth-order valence-corrected chi connectivity index (χ4v) is 2.07. The van der Waals surface area contributed by atoms with Crippen molar-refractivity contribution in [1.29, 1.82) is 5.26 Å². The maximum atomic E-state index is 12.2. The SMILES string of the molecule is CN(C)C=C(C#N)C(=O)c1ccc(Oc2cccc(Cl)c2)cc1. The summed E-state index contributed by atoms with van der Waals surface area (Å²) in [6, 6.07) is 15.6. The van der Waals surface area contributed by atoms with Gasteiger partial charge in [0.05, 0.1) is 0 Å². The molecule has 23 heavy (non-hydrogen) atoms. The van der Waals surface area contributed by atoms with Gasteiger partial charge in [0.15, 0.2) is 0 Å². The summed E-state index contributed by atoms with van der Waals surface area (Å²) < 4.78 is 5.66. The Balaban J connectivity index is 2.16. The second kappa shape index (κ2) is 7.48. The minimum absolute atomic E-state index is 0.0820. The third-order valence-electron chi connectivity index (χ3n) is 2.90. The number of carbonyl (C=O) groups excluding carboxylic acids is 1. The van der Waals surface area contributed by atoms with Gasteiger partial charge < -0.3 is 9.64 Å². The van der Waals surface area contributed by atoms with Crippen LogP contribution in [0.4, 0.5) is 0 Å². The van der Waals surface area contributed by atoms with Crippen molar-refractivity contribution in [2.75, 3.05) is 14.1 Å². The van der Waals surface area contributed by atoms with Gasteiger partial charge in [0.2, 0.25) is 5.78 Å². The van der Waals surface area contributed by atoms with Crippen LogP contribution in [0.15, 0.2) is 60.3 Å². The molecule has 0 aliphatic carbocycles. The summed E-state index contributed by atoms with van der Waals surface area (Å²) in [5, 5.41) is 9.66. The topological polar surface area (TPSA) is 53.3 Å². The number of rotatable bonds is 5. The molecule has 0 bridgehead atoms. The number of allylic oxidation sites excluding steroid dienone is 1. The van der Waals surface area contributed by atoms with Crippen LogP contribution < -0.4 is 4.74 Å². The van der Waals surface area contributed by atoms with E-state index in [2.05, 4.69) is 0 Å². The molecule has 0 fully saturated rings. The van der Waals surface area contributed by atoms with E-state index >= 15 is 0 Å². The van der Waals surface area contributed by atoms with Crippen molar-refractivity contribution in [1.82, 2.24) is 4.90 Å². The first-order chi connectivity index (χ1) is 11.0. The maximum absolute atomic E-state index is 12.2. The number of hydrogen-bond donors (Lipinski definition) is 0. The van der Waals surface area contributed by atoms with E-state index < -0.39 is 0 Å². The average Bonchev–Trinajstić information content (AvgIpc) is 2.52. The molecule has 0 amide bonds. The van der Waals surface area contributed by atoms with E-state index in [-0.39, 0.29) is 11.4 Å². The lowest BCUT2D eigenvalue weighted by molar-refractivity contribution is 0.103. The van der Waals surface area contributed by atoms with Gasteiger partial charge in [-0.3, -0.25) is 4.79 Å². The summed E-state index contributed by atoms with van der Waals surface area (Å²) in [6.07, 6.45) is 1.50. The molecule has 2 rings (SSSR count). The third kappa shape index (κ3) is 4.60. The molecule has 4 nitrogen and oxygen atoms in total. The van der Waals surface area contributed by atoms with Gasteiger partial charge in [-0.05, 0) is 42.5 Å². The van der Waals surface area contributed by atoms with Gasteiger partial charge in [0.25, 0.3) is 0 Å². The second-order valence-electron chi connectivity index (χ2n) is 5.03. The number of nitriles is 1. The molecule has 0 unspecified atom stereocenters. The number of hydrogen-bond acceptors (Lipinski definition) is 4. The monoisotopic (exact) mass is 326 g/mol. The summed E-state index contributed by atoms with van der Waals surface area (Å²) in [5.41, 5.74) is 0.511. The van der Waals surface area contributed by atoms with Crippen molar-refractivity contribution in [2.24, 2.45) is 0 Å². The minimum atomic E-state index is -0.324. The van der Waals surface area contributed by atoms with E-state index in [9.17, 15) is 4.79 Å². The first kappa shape index (κ1) is 16.6. The number of ketones is 1. The lowest BCUT2D eigenvalue weighted by Gasteiger charge is -2.08. The molecule has 116 valence electrons. The minimum Gasteiger partial charge on any atom is -0.457 e. The van der Waals surface area contributed by atoms with Crippen LogP contribution in [0.1, 0.15) is 10.4 Å². The zero-order chi connectivity index (χ0) is 16.8. The van der Waals surface area contributed by atoms with Crippen molar-refractivity contribution < 1.29 is 9.53 Å². The smallest absolute Gasteiger partial charge is 0.205 e. The van der Waals surface area contributed by atoms with Crippen molar-refractivity contribution in [3.05, 3.63) is 70.9 Å². The van der Waals surface area contributed by atoms with E-state index in [4.69, 9.17) is 21.6 Å². The third-order valence-corrected chi connectivity index (χ3v) is 3.14. The Morgan fingerprint density at radius 1 is 1.17 bits per heavy atom. The largest absolute Gasteiger partial charge is 0.457 e. The average molecular weight is 327 g/mol. The zero-order valence-electron chi connectivity index (χ0n) is 12.8. The second-order valence-corrected chi connectivity index (χ2v) is 5.47. The normalized spacial score (nSPS) is 10.8. The molecule has 0 saturated carbocycles. The van der Waals surface area contributed by atoms with Gasteiger partial charge in [-0.15, -0.1) is 0 Å². The molecule has 2 aromatic carbocycles. The molecule has 0 aliphatic heterocycles. The Hall–Kier alpha value is -2.77. The highest BCUT2D eigenvalue weighted by atomic mass is 35.5. The van der Waals surface area contributed by atoms with Gasteiger partial charge >= 0.3 is 0 Å². The van der Waals surface area contributed by atoms with Crippen LogP contribution in [0.5, 0.6) is 11.5 Å². The number of ether oxygens (including phenoxy) is 1. The van der Waals surface area contributed by atoms with Crippen LogP contribution in [-0.4, -0.2) is 24.8 Å². The van der Waals surface area contributed by atoms with Crippen molar-refractivity contribution in [3.63, 3.8) is 0 Å². The van der Waals surface area contributed by atoms with Crippen LogP contribution in [0.25, 0.3) is 0 Å². The van der Waals surface area contributed by atoms with Crippen LogP contribution >= 0.6 is 11.6 Å². The zero-order valence-corrected chi connectivity index (χ0v) is 13.5. The molecule has 2 aromatic rings. The molecular weight excluding hydrogens is 312 g/mol. The van der Waals surface area contributed by atoms with E-state index in [0.29, 0.717) is 22.1 Å². The van der Waals surface area contributed by atoms with Crippen molar-refractivity contribution >= 4 is 17.4 Å². The Kier molecular flexibility index (Phi) is 5.40. The lowest BCUT2D eigenvalue weighted by Crippen LogP contribution is -2.08. The quantitative estimate of drug-likeness (QED) is 0.467. The van der Waals surface area contributed by atoms with Crippen molar-refractivity contribution in [3.8, 4) is 17.6 Å². The molecule has 0 saturated heterocycles. The van der Waals surface area contributed by atoms with E-state index in [0.717, 1.165) is 0 Å². The van der Waals surface area contributed by atoms with Gasteiger partial charge in [0, 0.05) is 30.9 Å². The van der Waals surface area contributed by atoms with Gasteiger partial charge in [-0.25, -0.2) is 0 Å². The summed E-state index contributed by atoms with van der Waals surface area (Å²) in [4.78, 5) is 13.9. The Morgan fingerprint density at radius 2 is 1.87 bits per heavy atom. The molecular formula is C18H15ClN2O2. The highest BCUT2D eigenvalue weighted by molar-refractivity contribution is 6.30. The number of halogens is 1. The van der Waals surface area contributed by atoms with E-state index in [1.807, 2.05) is 6.07 Å². The van der Waals surface area contributed by atoms with Gasteiger partial charge in [-0.2, -0.15) is 5.26 Å². The van der Waals surface area contributed by atoms with Crippen LogP contribution in [0, 0.1) is 11.3 Å². The highest BCUT2D eigenvalue weighted by Crippen LogP contribution is 2.24. The van der Waals surface area contributed by atoms with Crippen molar-refractivity contribution in [2.45, 2.75) is 0 Å². The molecule has 5 heteroatoms. The molecule has 0 N–H and O–H groups in total. The number of carbonyl (C=O) groups is 1. The summed E-state index contributed by atoms with van der Waals surface area (Å²) in [7, 11) is 3.51. The number of nitrogens with zero attached hydrogens (tertiary/aromatic N) is 2. The highest BCUT2D eigenvalue weighted by Gasteiger charge is 2.12. The first-order valence-corrected chi connectivity index (χ1v) is 7.24. The van der Waals surface area contributed by atoms with Gasteiger partial charge in [-0.1, -0.05) is 17.7 Å². The van der Waals surface area contributed by atoms with Gasteiger partial charge in [0.1, 0.15) is 23.1 Å². The predicted molar refractivity (Wildman–Crippen MR) is 89.7 cm³/mol. The maximum Gasteiger partial charge on any atom is 0.205 e. The lowest BCUT2D eigenvalue weighted by atomic mass is 10.1. The fraction of sp³-hybridized carbons (Fsp3) is 0.111. The van der Waals surface area contributed by atoms with Crippen LogP contribution in [-0.2, 0) is 0 Å². The molecule has 0 spiro atoms. The van der Waals surface area contributed by atoms with E-state index in [1.54, 1.807) is 67.5 Å². The molecule has 0 heterocycles.